The van der Waals surface area contributed by atoms with Crippen LogP contribution in [-0.2, 0) is 17.9 Å². The van der Waals surface area contributed by atoms with Crippen molar-refractivity contribution in [1.82, 2.24) is 4.90 Å². The van der Waals surface area contributed by atoms with E-state index in [9.17, 15) is 4.79 Å². The molecule has 0 saturated heterocycles. The fourth-order valence-corrected chi connectivity index (χ4v) is 2.24. The monoisotopic (exact) mass is 314 g/mol. The molecular formula is C18H22N2O3. The Bertz CT molecular complexity index is 617. The number of hydrogen-bond acceptors (Lipinski definition) is 4. The normalized spacial score (nSPS) is 10.2. The fourth-order valence-electron chi connectivity index (χ4n) is 2.24. The number of methoxy groups -OCH3 is 1. The van der Waals surface area contributed by atoms with Crippen molar-refractivity contribution in [2.45, 2.75) is 13.2 Å². The third-order valence-corrected chi connectivity index (χ3v) is 3.42. The number of nitrogens with two attached hydrogens (primary N) is 1. The number of rotatable bonds is 7. The molecule has 0 aliphatic rings. The molecule has 1 amide bonds. The second-order valence-electron chi connectivity index (χ2n) is 5.06. The van der Waals surface area contributed by atoms with Crippen LogP contribution in [0.4, 0.5) is 4.79 Å². The van der Waals surface area contributed by atoms with Crippen molar-refractivity contribution in [3.8, 4) is 5.75 Å². The van der Waals surface area contributed by atoms with Gasteiger partial charge in [-0.1, -0.05) is 48.5 Å². The minimum atomic E-state index is -0.384. The molecule has 0 saturated carbocycles. The van der Waals surface area contributed by atoms with Crippen LogP contribution in [0.3, 0.4) is 0 Å². The summed E-state index contributed by atoms with van der Waals surface area (Å²) in [4.78, 5) is 13.9. The SMILES string of the molecule is COc1ccccc1CN(CCN)C(=O)OCc1ccccc1. The van der Waals surface area contributed by atoms with Crippen LogP contribution in [0, 0.1) is 0 Å². The van der Waals surface area contributed by atoms with E-state index in [0.29, 0.717) is 19.6 Å². The number of para-hydroxylation sites is 1. The number of ether oxygens (including phenoxy) is 2. The second-order valence-corrected chi connectivity index (χ2v) is 5.06. The highest BCUT2D eigenvalue weighted by Gasteiger charge is 2.16. The maximum Gasteiger partial charge on any atom is 0.410 e. The summed E-state index contributed by atoms with van der Waals surface area (Å²) in [7, 11) is 1.61. The zero-order chi connectivity index (χ0) is 16.5. The minimum Gasteiger partial charge on any atom is -0.496 e. The molecule has 0 aliphatic carbocycles. The van der Waals surface area contributed by atoms with Crippen LogP contribution < -0.4 is 10.5 Å². The van der Waals surface area contributed by atoms with Crippen LogP contribution in [0.2, 0.25) is 0 Å². The van der Waals surface area contributed by atoms with E-state index in [2.05, 4.69) is 0 Å². The van der Waals surface area contributed by atoms with Crippen molar-refractivity contribution < 1.29 is 14.3 Å². The molecule has 0 heterocycles. The molecule has 0 unspecified atom stereocenters. The standard InChI is InChI=1S/C18H22N2O3/c1-22-17-10-6-5-9-16(17)13-20(12-11-19)18(21)23-14-15-7-3-2-4-8-15/h2-10H,11-14,19H2,1H3. The van der Waals surface area contributed by atoms with Crippen molar-refractivity contribution in [1.29, 1.82) is 0 Å². The van der Waals surface area contributed by atoms with Crippen molar-refractivity contribution in [3.63, 3.8) is 0 Å². The van der Waals surface area contributed by atoms with E-state index in [0.717, 1.165) is 16.9 Å². The molecule has 0 aromatic heterocycles. The highest BCUT2D eigenvalue weighted by atomic mass is 16.6. The van der Waals surface area contributed by atoms with Gasteiger partial charge in [0.25, 0.3) is 0 Å². The molecule has 122 valence electrons. The summed E-state index contributed by atoms with van der Waals surface area (Å²) >= 11 is 0. The highest BCUT2D eigenvalue weighted by Crippen LogP contribution is 2.19. The molecule has 2 aromatic rings. The van der Waals surface area contributed by atoms with E-state index in [4.69, 9.17) is 15.2 Å². The summed E-state index contributed by atoms with van der Waals surface area (Å²) in [5.74, 6) is 0.741. The molecule has 0 aliphatic heterocycles. The third kappa shape index (κ3) is 5.00. The molecule has 2 rings (SSSR count). The number of amides is 1. The van der Waals surface area contributed by atoms with Gasteiger partial charge in [-0.25, -0.2) is 4.79 Å². The Kier molecular flexibility index (Phi) is 6.44. The molecule has 5 heteroatoms. The maximum atomic E-state index is 12.3. The topological polar surface area (TPSA) is 64.8 Å². The van der Waals surface area contributed by atoms with Gasteiger partial charge in [0.1, 0.15) is 12.4 Å². The van der Waals surface area contributed by atoms with Crippen LogP contribution in [-0.4, -0.2) is 31.2 Å². The van der Waals surface area contributed by atoms with E-state index in [-0.39, 0.29) is 12.7 Å². The summed E-state index contributed by atoms with van der Waals surface area (Å²) in [6.45, 7) is 1.43. The number of nitrogens with zero attached hydrogens (tertiary/aromatic N) is 1. The Hall–Kier alpha value is -2.53. The first-order valence-corrected chi connectivity index (χ1v) is 7.52. The van der Waals surface area contributed by atoms with Crippen molar-refractivity contribution in [2.24, 2.45) is 5.73 Å². The number of hydrogen-bond donors (Lipinski definition) is 1. The Morgan fingerprint density at radius 2 is 1.78 bits per heavy atom. The van der Waals surface area contributed by atoms with Gasteiger partial charge in [0.2, 0.25) is 0 Å². The summed E-state index contributed by atoms with van der Waals surface area (Å²) in [5.41, 5.74) is 7.48. The lowest BCUT2D eigenvalue weighted by atomic mass is 10.2. The first-order valence-electron chi connectivity index (χ1n) is 7.52. The zero-order valence-electron chi connectivity index (χ0n) is 13.3. The van der Waals surface area contributed by atoms with E-state index in [1.807, 2.05) is 54.6 Å². The Morgan fingerprint density at radius 1 is 1.09 bits per heavy atom. The van der Waals surface area contributed by atoms with Crippen LogP contribution >= 0.6 is 0 Å². The number of carbonyl (C=O) groups is 1. The van der Waals surface area contributed by atoms with Crippen LogP contribution in [0.5, 0.6) is 5.75 Å². The van der Waals surface area contributed by atoms with Crippen molar-refractivity contribution >= 4 is 6.09 Å². The number of benzene rings is 2. The lowest BCUT2D eigenvalue weighted by Gasteiger charge is -2.22. The summed E-state index contributed by atoms with van der Waals surface area (Å²) < 4.78 is 10.7. The molecule has 0 atom stereocenters. The van der Waals surface area contributed by atoms with E-state index < -0.39 is 0 Å². The second kappa shape index (κ2) is 8.80. The molecule has 0 radical (unpaired) electrons. The predicted octanol–water partition coefficient (Wildman–Crippen LogP) is 2.79. The maximum absolute atomic E-state index is 12.3. The third-order valence-electron chi connectivity index (χ3n) is 3.42. The molecule has 23 heavy (non-hydrogen) atoms. The van der Waals surface area contributed by atoms with E-state index >= 15 is 0 Å². The molecule has 2 N–H and O–H groups in total. The van der Waals surface area contributed by atoms with Gasteiger partial charge in [0, 0.05) is 18.7 Å². The molecule has 0 spiro atoms. The van der Waals surface area contributed by atoms with Gasteiger partial charge in [-0.3, -0.25) is 0 Å². The van der Waals surface area contributed by atoms with E-state index in [1.165, 1.54) is 0 Å². The van der Waals surface area contributed by atoms with Gasteiger partial charge in [-0.15, -0.1) is 0 Å². The first kappa shape index (κ1) is 16.8. The van der Waals surface area contributed by atoms with Crippen LogP contribution in [0.1, 0.15) is 11.1 Å². The van der Waals surface area contributed by atoms with Crippen molar-refractivity contribution in [2.75, 3.05) is 20.2 Å². The average Bonchev–Trinajstić information content (AvgIpc) is 2.60. The van der Waals surface area contributed by atoms with Gasteiger partial charge in [0.05, 0.1) is 13.7 Å². The Morgan fingerprint density at radius 3 is 2.48 bits per heavy atom. The van der Waals surface area contributed by atoms with Gasteiger partial charge >= 0.3 is 6.09 Å². The quantitative estimate of drug-likeness (QED) is 0.853. The largest absolute Gasteiger partial charge is 0.496 e. The van der Waals surface area contributed by atoms with Crippen LogP contribution in [0.25, 0.3) is 0 Å². The Balaban J connectivity index is 2.00. The molecule has 0 bridgehead atoms. The average molecular weight is 314 g/mol. The molecule has 5 nitrogen and oxygen atoms in total. The molecule has 2 aromatic carbocycles. The lowest BCUT2D eigenvalue weighted by Crippen LogP contribution is -2.35. The first-order chi connectivity index (χ1) is 11.2. The highest BCUT2D eigenvalue weighted by molar-refractivity contribution is 5.67. The summed E-state index contributed by atoms with van der Waals surface area (Å²) in [6.07, 6.45) is -0.384. The van der Waals surface area contributed by atoms with Crippen molar-refractivity contribution in [3.05, 3.63) is 65.7 Å². The van der Waals surface area contributed by atoms with Gasteiger partial charge in [-0.05, 0) is 11.6 Å². The predicted molar refractivity (Wildman–Crippen MR) is 89.1 cm³/mol. The Labute approximate surface area is 136 Å². The van der Waals surface area contributed by atoms with E-state index in [1.54, 1.807) is 12.0 Å². The van der Waals surface area contributed by atoms with Gasteiger partial charge < -0.3 is 20.1 Å². The lowest BCUT2D eigenvalue weighted by molar-refractivity contribution is 0.0945. The minimum absolute atomic E-state index is 0.243. The number of carbonyl (C=O) groups excluding carboxylic acids is 1. The molecular weight excluding hydrogens is 292 g/mol. The summed E-state index contributed by atoms with van der Waals surface area (Å²) in [5, 5.41) is 0. The fraction of sp³-hybridized carbons (Fsp3) is 0.278. The van der Waals surface area contributed by atoms with Crippen LogP contribution in [0.15, 0.2) is 54.6 Å². The zero-order valence-corrected chi connectivity index (χ0v) is 13.3. The smallest absolute Gasteiger partial charge is 0.410 e. The van der Waals surface area contributed by atoms with Gasteiger partial charge in [-0.2, -0.15) is 0 Å². The summed E-state index contributed by atoms with van der Waals surface area (Å²) in [6, 6.07) is 17.2. The molecule has 0 fully saturated rings. The van der Waals surface area contributed by atoms with Gasteiger partial charge in [0.15, 0.2) is 0 Å².